The summed E-state index contributed by atoms with van der Waals surface area (Å²) in [5.74, 6) is -2.62. The van der Waals surface area contributed by atoms with Crippen LogP contribution in [0, 0.1) is 24.2 Å². The van der Waals surface area contributed by atoms with Gasteiger partial charge in [-0.25, -0.2) is 4.98 Å². The zero-order valence-corrected chi connectivity index (χ0v) is 13.5. The van der Waals surface area contributed by atoms with Gasteiger partial charge in [-0.3, -0.25) is 14.6 Å². The van der Waals surface area contributed by atoms with E-state index in [9.17, 15) is 14.9 Å². The highest BCUT2D eigenvalue weighted by Gasteiger charge is 2.29. The molecule has 0 unspecified atom stereocenters. The topological polar surface area (TPSA) is 95.7 Å². The minimum Gasteiger partial charge on any atom is -0.324 e. The molecule has 0 aliphatic heterocycles. The summed E-state index contributed by atoms with van der Waals surface area (Å²) in [6, 6.07) is 10.6. The van der Waals surface area contributed by atoms with Gasteiger partial charge < -0.3 is 5.32 Å². The van der Waals surface area contributed by atoms with Crippen LogP contribution in [0.1, 0.15) is 14.7 Å². The average molecular weight is 336 g/mol. The van der Waals surface area contributed by atoms with Crippen LogP contribution in [0.25, 0.3) is 10.9 Å². The van der Waals surface area contributed by atoms with Gasteiger partial charge in [0, 0.05) is 17.8 Å². The minimum atomic E-state index is -1.42. The lowest BCUT2D eigenvalue weighted by molar-refractivity contribution is -0.117. The van der Waals surface area contributed by atoms with Gasteiger partial charge in [0.05, 0.1) is 27.2 Å². The van der Waals surface area contributed by atoms with E-state index in [0.29, 0.717) is 21.1 Å². The minimum absolute atomic E-state index is 0.300. The second kappa shape index (κ2) is 6.56. The molecule has 7 heteroatoms. The quantitative estimate of drug-likeness (QED) is 0.584. The van der Waals surface area contributed by atoms with Crippen LogP contribution >= 0.6 is 11.3 Å². The molecule has 1 amide bonds. The molecule has 1 N–H and O–H groups in total. The summed E-state index contributed by atoms with van der Waals surface area (Å²) in [7, 11) is 0. The number of nitriles is 1. The summed E-state index contributed by atoms with van der Waals surface area (Å²) in [6.07, 6.45) is 3.05. The van der Waals surface area contributed by atoms with Crippen molar-refractivity contribution in [2.45, 2.75) is 6.92 Å². The molecule has 0 spiro atoms. The second-order valence-electron chi connectivity index (χ2n) is 5.03. The van der Waals surface area contributed by atoms with Crippen LogP contribution in [0.15, 0.2) is 42.7 Å². The zero-order chi connectivity index (χ0) is 17.1. The molecule has 0 saturated heterocycles. The number of anilines is 1. The van der Waals surface area contributed by atoms with Gasteiger partial charge in [0.2, 0.25) is 11.7 Å². The number of aryl methyl sites for hydroxylation is 1. The Labute approximate surface area is 141 Å². The van der Waals surface area contributed by atoms with E-state index in [1.54, 1.807) is 37.4 Å². The normalized spacial score (nSPS) is 11.7. The van der Waals surface area contributed by atoms with Crippen LogP contribution < -0.4 is 5.32 Å². The Morgan fingerprint density at radius 3 is 2.79 bits per heavy atom. The number of ketones is 1. The number of thiazole rings is 1. The van der Waals surface area contributed by atoms with Crippen molar-refractivity contribution in [3.05, 3.63) is 52.6 Å². The van der Waals surface area contributed by atoms with E-state index in [1.165, 1.54) is 6.20 Å². The van der Waals surface area contributed by atoms with E-state index >= 15 is 0 Å². The predicted molar refractivity (Wildman–Crippen MR) is 90.7 cm³/mol. The van der Waals surface area contributed by atoms with Crippen molar-refractivity contribution < 1.29 is 9.59 Å². The fraction of sp³-hybridized carbons (Fsp3) is 0.118. The van der Waals surface area contributed by atoms with Crippen molar-refractivity contribution in [2.75, 3.05) is 5.32 Å². The van der Waals surface area contributed by atoms with Crippen LogP contribution in [0.5, 0.6) is 0 Å². The fourth-order valence-electron chi connectivity index (χ4n) is 2.27. The molecule has 24 heavy (non-hydrogen) atoms. The van der Waals surface area contributed by atoms with Crippen molar-refractivity contribution in [1.29, 1.82) is 5.26 Å². The maximum atomic E-state index is 12.4. The lowest BCUT2D eigenvalue weighted by atomic mass is 10.0. The summed E-state index contributed by atoms with van der Waals surface area (Å²) < 4.78 is 0. The lowest BCUT2D eigenvalue weighted by Crippen LogP contribution is -2.28. The molecule has 2 heterocycles. The maximum absolute atomic E-state index is 12.4. The molecule has 0 radical (unpaired) electrons. The molecule has 0 saturated carbocycles. The molecule has 0 bridgehead atoms. The first-order chi connectivity index (χ1) is 11.6. The van der Waals surface area contributed by atoms with E-state index in [4.69, 9.17) is 0 Å². The number of carbonyl (C=O) groups is 2. The largest absolute Gasteiger partial charge is 0.324 e. The molecule has 0 aliphatic carbocycles. The SMILES string of the molecule is Cc1ncc(C(=O)[C@@H](C#N)C(=O)Nc2cccc3ncccc23)s1. The van der Waals surface area contributed by atoms with Crippen LogP contribution in [0.2, 0.25) is 0 Å². The molecule has 1 atom stereocenters. The van der Waals surface area contributed by atoms with E-state index in [2.05, 4.69) is 15.3 Å². The number of benzene rings is 1. The fourth-order valence-corrected chi connectivity index (χ4v) is 3.02. The Hall–Kier alpha value is -3.11. The van der Waals surface area contributed by atoms with Crippen LogP contribution in [0.3, 0.4) is 0 Å². The van der Waals surface area contributed by atoms with Gasteiger partial charge in [0.25, 0.3) is 0 Å². The number of hydrogen-bond acceptors (Lipinski definition) is 6. The summed E-state index contributed by atoms with van der Waals surface area (Å²) in [5, 5.41) is 13.4. The Morgan fingerprint density at radius 1 is 1.25 bits per heavy atom. The highest BCUT2D eigenvalue weighted by atomic mass is 32.1. The van der Waals surface area contributed by atoms with E-state index in [-0.39, 0.29) is 0 Å². The first-order valence-electron chi connectivity index (χ1n) is 7.11. The van der Waals surface area contributed by atoms with Crippen molar-refractivity contribution in [3.8, 4) is 6.07 Å². The summed E-state index contributed by atoms with van der Waals surface area (Å²) in [5.41, 5.74) is 1.23. The molecule has 1 aromatic carbocycles. The number of pyridine rings is 1. The highest BCUT2D eigenvalue weighted by Crippen LogP contribution is 2.23. The van der Waals surface area contributed by atoms with Crippen molar-refractivity contribution >= 4 is 39.6 Å². The number of aromatic nitrogens is 2. The summed E-state index contributed by atoms with van der Waals surface area (Å²) >= 11 is 1.16. The highest BCUT2D eigenvalue weighted by molar-refractivity contribution is 7.13. The molecule has 118 valence electrons. The number of amides is 1. The number of carbonyl (C=O) groups excluding carboxylic acids is 2. The van der Waals surface area contributed by atoms with Gasteiger partial charge in [0.15, 0.2) is 5.92 Å². The van der Waals surface area contributed by atoms with Crippen molar-refractivity contribution in [2.24, 2.45) is 5.92 Å². The van der Waals surface area contributed by atoms with Gasteiger partial charge in [-0.1, -0.05) is 6.07 Å². The monoisotopic (exact) mass is 336 g/mol. The molecular formula is C17H12N4O2S. The molecule has 0 aliphatic rings. The summed E-state index contributed by atoms with van der Waals surface area (Å²) in [4.78, 5) is 33.3. The Morgan fingerprint density at radius 2 is 2.08 bits per heavy atom. The van der Waals surface area contributed by atoms with Gasteiger partial charge in [-0.2, -0.15) is 5.26 Å². The van der Waals surface area contributed by atoms with Crippen LogP contribution in [0.4, 0.5) is 5.69 Å². The standard InChI is InChI=1S/C17H12N4O2S/c1-10-20-9-15(24-10)16(22)12(8-18)17(23)21-14-6-2-5-13-11(14)4-3-7-19-13/h2-7,9,12H,1H3,(H,21,23)/t12-/m1/s1. The van der Waals surface area contributed by atoms with Gasteiger partial charge in [-0.05, 0) is 31.2 Å². The number of nitrogens with one attached hydrogen (secondary N) is 1. The number of Topliss-reactive ketones (excluding diaryl/α,β-unsaturated/α-hetero) is 1. The van der Waals surface area contributed by atoms with Crippen molar-refractivity contribution in [3.63, 3.8) is 0 Å². The van der Waals surface area contributed by atoms with Crippen LogP contribution in [-0.4, -0.2) is 21.7 Å². The predicted octanol–water partition coefficient (Wildman–Crippen LogP) is 2.96. The maximum Gasteiger partial charge on any atom is 0.249 e. The third-order valence-electron chi connectivity index (χ3n) is 3.42. The van der Waals surface area contributed by atoms with Crippen molar-refractivity contribution in [1.82, 2.24) is 9.97 Å². The molecular weight excluding hydrogens is 324 g/mol. The molecule has 2 aromatic heterocycles. The second-order valence-corrected chi connectivity index (χ2v) is 6.27. The van der Waals surface area contributed by atoms with E-state index in [1.807, 2.05) is 12.1 Å². The first kappa shape index (κ1) is 15.8. The third-order valence-corrected chi connectivity index (χ3v) is 4.35. The molecule has 3 aromatic rings. The smallest absolute Gasteiger partial charge is 0.249 e. The zero-order valence-electron chi connectivity index (χ0n) is 12.7. The third kappa shape index (κ3) is 3.00. The van der Waals surface area contributed by atoms with Gasteiger partial charge in [-0.15, -0.1) is 11.3 Å². The lowest BCUT2D eigenvalue weighted by Gasteiger charge is -2.10. The molecule has 3 rings (SSSR count). The van der Waals surface area contributed by atoms with E-state index < -0.39 is 17.6 Å². The number of rotatable bonds is 4. The number of fused-ring (bicyclic) bond motifs is 1. The Bertz CT molecular complexity index is 969. The van der Waals surface area contributed by atoms with Gasteiger partial charge >= 0.3 is 0 Å². The van der Waals surface area contributed by atoms with E-state index in [0.717, 1.165) is 16.7 Å². The number of hydrogen-bond donors (Lipinski definition) is 1. The first-order valence-corrected chi connectivity index (χ1v) is 7.92. The summed E-state index contributed by atoms with van der Waals surface area (Å²) in [6.45, 7) is 1.76. The Balaban J connectivity index is 1.87. The number of nitrogens with zero attached hydrogens (tertiary/aromatic N) is 3. The molecule has 6 nitrogen and oxygen atoms in total. The van der Waals surface area contributed by atoms with Crippen LogP contribution in [-0.2, 0) is 4.79 Å². The van der Waals surface area contributed by atoms with Gasteiger partial charge in [0.1, 0.15) is 0 Å². The molecule has 0 fully saturated rings. The average Bonchev–Trinajstić information content (AvgIpc) is 3.02. The Kier molecular flexibility index (Phi) is 4.31.